The van der Waals surface area contributed by atoms with Gasteiger partial charge in [0.1, 0.15) is 5.75 Å². The molecule has 124 valence electrons. The molecule has 0 spiro atoms. The van der Waals surface area contributed by atoms with E-state index in [2.05, 4.69) is 60.6 Å². The third-order valence-corrected chi connectivity index (χ3v) is 3.49. The molecular formula is C17H30N4O. The van der Waals surface area contributed by atoms with Crippen molar-refractivity contribution in [3.63, 3.8) is 0 Å². The lowest BCUT2D eigenvalue weighted by molar-refractivity contribution is 0.297. The molecule has 0 aliphatic rings. The van der Waals surface area contributed by atoms with Crippen LogP contribution in [0.25, 0.3) is 0 Å². The summed E-state index contributed by atoms with van der Waals surface area (Å²) in [5.74, 6) is 2.31. The highest BCUT2D eigenvalue weighted by Gasteiger charge is 2.14. The van der Waals surface area contributed by atoms with E-state index in [1.165, 1.54) is 5.56 Å². The Kier molecular flexibility index (Phi) is 7.74. The summed E-state index contributed by atoms with van der Waals surface area (Å²) >= 11 is 0. The summed E-state index contributed by atoms with van der Waals surface area (Å²) in [7, 11) is 7.65. The van der Waals surface area contributed by atoms with Crippen molar-refractivity contribution in [3.05, 3.63) is 29.8 Å². The van der Waals surface area contributed by atoms with E-state index >= 15 is 0 Å². The van der Waals surface area contributed by atoms with Crippen molar-refractivity contribution in [2.75, 3.05) is 41.3 Å². The van der Waals surface area contributed by atoms with E-state index in [0.717, 1.165) is 24.8 Å². The second-order valence-corrected chi connectivity index (χ2v) is 5.98. The maximum absolute atomic E-state index is 5.22. The molecule has 0 bridgehead atoms. The Hall–Kier alpha value is -1.75. The van der Waals surface area contributed by atoms with Crippen molar-refractivity contribution in [2.45, 2.75) is 19.9 Å². The van der Waals surface area contributed by atoms with Crippen LogP contribution in [-0.2, 0) is 0 Å². The van der Waals surface area contributed by atoms with Crippen LogP contribution in [0.1, 0.15) is 25.5 Å². The number of nitrogens with one attached hydrogen (secondary N) is 2. The van der Waals surface area contributed by atoms with Crippen molar-refractivity contribution in [1.82, 2.24) is 15.5 Å². The van der Waals surface area contributed by atoms with Gasteiger partial charge in [-0.25, -0.2) is 0 Å². The molecule has 0 amide bonds. The average Bonchev–Trinajstić information content (AvgIpc) is 2.50. The van der Waals surface area contributed by atoms with Crippen molar-refractivity contribution in [1.29, 1.82) is 0 Å². The highest BCUT2D eigenvalue weighted by atomic mass is 16.5. The second-order valence-electron chi connectivity index (χ2n) is 5.98. The lowest BCUT2D eigenvalue weighted by atomic mass is 10.1. The molecule has 2 N–H and O–H groups in total. The van der Waals surface area contributed by atoms with Gasteiger partial charge in [-0.1, -0.05) is 26.0 Å². The first kappa shape index (κ1) is 18.3. The Balaban J connectivity index is 2.67. The largest absolute Gasteiger partial charge is 0.497 e. The minimum absolute atomic E-state index is 0.267. The van der Waals surface area contributed by atoms with Gasteiger partial charge in [0.25, 0.3) is 0 Å². The van der Waals surface area contributed by atoms with Crippen LogP contribution >= 0.6 is 0 Å². The molecule has 1 unspecified atom stereocenters. The third-order valence-electron chi connectivity index (χ3n) is 3.49. The van der Waals surface area contributed by atoms with E-state index in [1.54, 1.807) is 14.2 Å². The van der Waals surface area contributed by atoms with Crippen LogP contribution in [-0.4, -0.2) is 52.2 Å². The number of hydrogen-bond donors (Lipinski definition) is 2. The molecule has 22 heavy (non-hydrogen) atoms. The fourth-order valence-electron chi connectivity index (χ4n) is 2.14. The van der Waals surface area contributed by atoms with Crippen LogP contribution in [0.3, 0.4) is 0 Å². The highest BCUT2D eigenvalue weighted by Crippen LogP contribution is 2.20. The number of likely N-dealkylation sites (N-methyl/N-ethyl adjacent to an activating group) is 1. The van der Waals surface area contributed by atoms with E-state index in [4.69, 9.17) is 4.74 Å². The number of methoxy groups -OCH3 is 1. The molecular weight excluding hydrogens is 276 g/mol. The summed E-state index contributed by atoms with van der Waals surface area (Å²) < 4.78 is 5.22. The maximum atomic E-state index is 5.22. The zero-order valence-corrected chi connectivity index (χ0v) is 14.7. The number of ether oxygens (including phenoxy) is 1. The molecule has 0 aromatic heterocycles. The predicted octanol–water partition coefficient (Wildman–Crippen LogP) is 2.12. The van der Waals surface area contributed by atoms with Crippen molar-refractivity contribution in [2.24, 2.45) is 10.9 Å². The third kappa shape index (κ3) is 5.93. The molecule has 0 heterocycles. The molecule has 1 aromatic carbocycles. The van der Waals surface area contributed by atoms with Gasteiger partial charge in [0.15, 0.2) is 5.96 Å². The minimum Gasteiger partial charge on any atom is -0.497 e. The van der Waals surface area contributed by atoms with Crippen molar-refractivity contribution in [3.8, 4) is 5.75 Å². The van der Waals surface area contributed by atoms with Gasteiger partial charge in [0.2, 0.25) is 0 Å². The average molecular weight is 306 g/mol. The smallest absolute Gasteiger partial charge is 0.191 e. The van der Waals surface area contributed by atoms with Gasteiger partial charge < -0.3 is 20.3 Å². The summed E-state index contributed by atoms with van der Waals surface area (Å²) in [5.41, 5.74) is 1.25. The fourth-order valence-corrected chi connectivity index (χ4v) is 2.14. The SMILES string of the molecule is CN=C(NCC(C)C)NCC(c1ccc(OC)cc1)N(C)C. The van der Waals surface area contributed by atoms with Crippen molar-refractivity contribution < 1.29 is 4.74 Å². The summed E-state index contributed by atoms with van der Waals surface area (Å²) in [6.45, 7) is 6.06. The normalized spacial score (nSPS) is 13.4. The number of benzene rings is 1. The van der Waals surface area contributed by atoms with E-state index in [-0.39, 0.29) is 6.04 Å². The molecule has 1 atom stereocenters. The maximum Gasteiger partial charge on any atom is 0.191 e. The molecule has 0 saturated heterocycles. The van der Waals surface area contributed by atoms with Gasteiger partial charge in [-0.2, -0.15) is 0 Å². The van der Waals surface area contributed by atoms with Crippen LogP contribution in [0, 0.1) is 5.92 Å². The second kappa shape index (κ2) is 9.30. The Morgan fingerprint density at radius 2 is 1.73 bits per heavy atom. The summed E-state index contributed by atoms with van der Waals surface area (Å²) in [5, 5.41) is 6.73. The zero-order chi connectivity index (χ0) is 16.5. The number of hydrogen-bond acceptors (Lipinski definition) is 3. The number of nitrogens with zero attached hydrogens (tertiary/aromatic N) is 2. The summed E-state index contributed by atoms with van der Waals surface area (Å²) in [6.07, 6.45) is 0. The van der Waals surface area contributed by atoms with E-state index in [0.29, 0.717) is 5.92 Å². The van der Waals surface area contributed by atoms with Crippen LogP contribution in [0.2, 0.25) is 0 Å². The molecule has 0 fully saturated rings. The Bertz CT molecular complexity index is 454. The fraction of sp³-hybridized carbons (Fsp3) is 0.588. The Labute approximate surface area is 134 Å². The summed E-state index contributed by atoms with van der Waals surface area (Å²) in [4.78, 5) is 6.47. The van der Waals surface area contributed by atoms with Gasteiger partial charge in [0, 0.05) is 20.1 Å². The Morgan fingerprint density at radius 3 is 2.18 bits per heavy atom. The van der Waals surface area contributed by atoms with E-state index < -0.39 is 0 Å². The molecule has 5 heteroatoms. The standard InChI is InChI=1S/C17H30N4O/c1-13(2)11-19-17(18-3)20-12-16(21(4)5)14-7-9-15(22-6)10-8-14/h7-10,13,16H,11-12H2,1-6H3,(H2,18,19,20). The monoisotopic (exact) mass is 306 g/mol. The van der Waals surface area contributed by atoms with Gasteiger partial charge >= 0.3 is 0 Å². The van der Waals surface area contributed by atoms with Crippen LogP contribution in [0.4, 0.5) is 0 Å². The lowest BCUT2D eigenvalue weighted by Gasteiger charge is -2.26. The number of rotatable bonds is 7. The van der Waals surface area contributed by atoms with Crippen LogP contribution < -0.4 is 15.4 Å². The van der Waals surface area contributed by atoms with Crippen molar-refractivity contribution >= 4 is 5.96 Å². The molecule has 0 aliphatic heterocycles. The van der Waals surface area contributed by atoms with Gasteiger partial charge in [-0.15, -0.1) is 0 Å². The van der Waals surface area contributed by atoms with Crippen LogP contribution in [0.5, 0.6) is 5.75 Å². The predicted molar refractivity (Wildman–Crippen MR) is 93.6 cm³/mol. The van der Waals surface area contributed by atoms with E-state index in [1.807, 2.05) is 12.1 Å². The lowest BCUT2D eigenvalue weighted by Crippen LogP contribution is -2.42. The highest BCUT2D eigenvalue weighted by molar-refractivity contribution is 5.79. The molecule has 0 radical (unpaired) electrons. The number of aliphatic imine (C=N–C) groups is 1. The first-order valence-corrected chi connectivity index (χ1v) is 7.72. The summed E-state index contributed by atoms with van der Waals surface area (Å²) in [6, 6.07) is 8.48. The minimum atomic E-state index is 0.267. The molecule has 1 rings (SSSR count). The Morgan fingerprint density at radius 1 is 1.14 bits per heavy atom. The first-order chi connectivity index (χ1) is 10.5. The zero-order valence-electron chi connectivity index (χ0n) is 14.7. The topological polar surface area (TPSA) is 48.9 Å². The van der Waals surface area contributed by atoms with Gasteiger partial charge in [0.05, 0.1) is 13.2 Å². The van der Waals surface area contributed by atoms with Gasteiger partial charge in [-0.3, -0.25) is 4.99 Å². The molecule has 1 aromatic rings. The van der Waals surface area contributed by atoms with Gasteiger partial charge in [-0.05, 0) is 37.7 Å². The first-order valence-electron chi connectivity index (χ1n) is 7.72. The molecule has 0 aliphatic carbocycles. The van der Waals surface area contributed by atoms with Crippen LogP contribution in [0.15, 0.2) is 29.3 Å². The quantitative estimate of drug-likeness (QED) is 0.598. The molecule has 0 saturated carbocycles. The van der Waals surface area contributed by atoms with E-state index in [9.17, 15) is 0 Å². The molecule has 5 nitrogen and oxygen atoms in total. The number of guanidine groups is 1.